The van der Waals surface area contributed by atoms with Gasteiger partial charge in [0.1, 0.15) is 18.1 Å². The van der Waals surface area contributed by atoms with Crippen LogP contribution in [-0.2, 0) is 11.3 Å². The quantitative estimate of drug-likeness (QED) is 0.224. The van der Waals surface area contributed by atoms with Crippen molar-refractivity contribution in [2.24, 2.45) is 0 Å². The van der Waals surface area contributed by atoms with Gasteiger partial charge in [0.05, 0.1) is 16.8 Å². The molecule has 6 nitrogen and oxygen atoms in total. The van der Waals surface area contributed by atoms with E-state index in [0.29, 0.717) is 22.6 Å². The minimum absolute atomic E-state index is 0.261. The topological polar surface area (TPSA) is 78.6 Å². The summed E-state index contributed by atoms with van der Waals surface area (Å²) in [5, 5.41) is 3.93. The van der Waals surface area contributed by atoms with Crippen LogP contribution in [0.2, 0.25) is 0 Å². The molecule has 0 saturated carbocycles. The third-order valence-electron chi connectivity index (χ3n) is 5.81. The van der Waals surface area contributed by atoms with E-state index in [9.17, 15) is 9.59 Å². The Morgan fingerprint density at radius 2 is 1.51 bits per heavy atom. The lowest BCUT2D eigenvalue weighted by Gasteiger charge is -2.18. The monoisotopic (exact) mass is 469 g/mol. The minimum atomic E-state index is -1.07. The van der Waals surface area contributed by atoms with Crippen molar-refractivity contribution in [3.05, 3.63) is 118 Å². The van der Waals surface area contributed by atoms with Gasteiger partial charge in [0.15, 0.2) is 6.10 Å². The maximum absolute atomic E-state index is 13.4. The van der Waals surface area contributed by atoms with Crippen LogP contribution in [0.25, 0.3) is 0 Å². The van der Waals surface area contributed by atoms with Crippen molar-refractivity contribution in [3.63, 3.8) is 0 Å². The molecule has 0 radical (unpaired) electrons. The van der Waals surface area contributed by atoms with Gasteiger partial charge in [-0.25, -0.2) is 4.79 Å². The van der Waals surface area contributed by atoms with Gasteiger partial charge in [-0.1, -0.05) is 70.9 Å². The standard InChI is InChI=1S/C29H27NO5/c1-18-8-12-22(13-9-18)27(31)28(23-14-10-19(2)11-15-23)34-29(32)24-6-5-7-25(16-24)33-17-26-20(3)30-35-21(26)4/h5-16,28H,17H2,1-4H3/t28-/m0/s1. The summed E-state index contributed by atoms with van der Waals surface area (Å²) < 4.78 is 16.8. The summed E-state index contributed by atoms with van der Waals surface area (Å²) in [5.41, 5.74) is 5.08. The second-order valence-electron chi connectivity index (χ2n) is 8.55. The molecule has 0 aliphatic heterocycles. The molecule has 0 spiro atoms. The Balaban J connectivity index is 1.55. The number of aromatic nitrogens is 1. The van der Waals surface area contributed by atoms with E-state index < -0.39 is 12.1 Å². The number of carbonyl (C=O) groups excluding carboxylic acids is 2. The molecule has 1 heterocycles. The highest BCUT2D eigenvalue weighted by molar-refractivity contribution is 6.02. The van der Waals surface area contributed by atoms with Gasteiger partial charge in [-0.15, -0.1) is 0 Å². The van der Waals surface area contributed by atoms with E-state index in [2.05, 4.69) is 5.16 Å². The molecule has 4 aromatic rings. The van der Waals surface area contributed by atoms with E-state index in [1.807, 2.05) is 64.1 Å². The van der Waals surface area contributed by atoms with Crippen LogP contribution in [0.4, 0.5) is 0 Å². The number of ether oxygens (including phenoxy) is 2. The first-order chi connectivity index (χ1) is 16.8. The number of hydrogen-bond acceptors (Lipinski definition) is 6. The Labute approximate surface area is 204 Å². The minimum Gasteiger partial charge on any atom is -0.489 e. The number of ketones is 1. The number of nitrogens with zero attached hydrogens (tertiary/aromatic N) is 1. The predicted octanol–water partition coefficient (Wildman–Crippen LogP) is 6.27. The molecule has 0 bridgehead atoms. The van der Waals surface area contributed by atoms with Crippen LogP contribution in [0.3, 0.4) is 0 Å². The molecular formula is C29H27NO5. The van der Waals surface area contributed by atoms with Gasteiger partial charge < -0.3 is 14.0 Å². The van der Waals surface area contributed by atoms with Crippen LogP contribution in [0, 0.1) is 27.7 Å². The lowest BCUT2D eigenvalue weighted by atomic mass is 9.98. The van der Waals surface area contributed by atoms with Gasteiger partial charge in [0.2, 0.25) is 5.78 Å². The summed E-state index contributed by atoms with van der Waals surface area (Å²) in [6.45, 7) is 7.84. The Hall–Kier alpha value is -4.19. The Kier molecular flexibility index (Phi) is 7.11. The molecule has 0 amide bonds. The van der Waals surface area contributed by atoms with Crippen molar-refractivity contribution in [1.82, 2.24) is 5.16 Å². The second-order valence-corrected chi connectivity index (χ2v) is 8.55. The molecule has 35 heavy (non-hydrogen) atoms. The SMILES string of the molecule is Cc1ccc(C(=O)[C@@H](OC(=O)c2cccc(OCc3c(C)noc3C)c2)c2ccc(C)cc2)cc1. The van der Waals surface area contributed by atoms with Gasteiger partial charge in [-0.3, -0.25) is 4.79 Å². The molecule has 0 saturated heterocycles. The highest BCUT2D eigenvalue weighted by atomic mass is 16.5. The average molecular weight is 470 g/mol. The fourth-order valence-corrected chi connectivity index (χ4v) is 3.63. The highest BCUT2D eigenvalue weighted by Gasteiger charge is 2.27. The van der Waals surface area contributed by atoms with E-state index in [-0.39, 0.29) is 18.0 Å². The van der Waals surface area contributed by atoms with Crippen LogP contribution < -0.4 is 4.74 Å². The number of aryl methyl sites for hydroxylation is 4. The first kappa shape index (κ1) is 24.0. The van der Waals surface area contributed by atoms with Gasteiger partial charge in [-0.05, 0) is 45.9 Å². The van der Waals surface area contributed by atoms with E-state index in [1.165, 1.54) is 0 Å². The van der Waals surface area contributed by atoms with Crippen molar-refractivity contribution < 1.29 is 23.6 Å². The van der Waals surface area contributed by atoms with Gasteiger partial charge >= 0.3 is 5.97 Å². The third-order valence-corrected chi connectivity index (χ3v) is 5.81. The number of Topliss-reactive ketones (excluding diaryl/α,β-unsaturated/α-hetero) is 1. The summed E-state index contributed by atoms with van der Waals surface area (Å²) in [7, 11) is 0. The summed E-state index contributed by atoms with van der Waals surface area (Å²) in [6, 6.07) is 21.3. The highest BCUT2D eigenvalue weighted by Crippen LogP contribution is 2.26. The molecule has 0 fully saturated rings. The van der Waals surface area contributed by atoms with Crippen LogP contribution in [0.1, 0.15) is 60.5 Å². The van der Waals surface area contributed by atoms with E-state index in [1.54, 1.807) is 36.4 Å². The molecule has 1 aromatic heterocycles. The van der Waals surface area contributed by atoms with Crippen LogP contribution in [0.5, 0.6) is 5.75 Å². The van der Waals surface area contributed by atoms with Crippen molar-refractivity contribution in [2.75, 3.05) is 0 Å². The van der Waals surface area contributed by atoms with Gasteiger partial charge in [0.25, 0.3) is 0 Å². The fraction of sp³-hybridized carbons (Fsp3) is 0.207. The summed E-state index contributed by atoms with van der Waals surface area (Å²) >= 11 is 0. The molecule has 3 aromatic carbocycles. The first-order valence-corrected chi connectivity index (χ1v) is 11.3. The summed E-state index contributed by atoms with van der Waals surface area (Å²) in [5.74, 6) is 0.289. The van der Waals surface area contributed by atoms with Crippen LogP contribution in [0.15, 0.2) is 77.3 Å². The molecule has 1 atom stereocenters. The summed E-state index contributed by atoms with van der Waals surface area (Å²) in [4.78, 5) is 26.5. The molecule has 0 aliphatic carbocycles. The maximum Gasteiger partial charge on any atom is 0.339 e. The first-order valence-electron chi connectivity index (χ1n) is 11.3. The predicted molar refractivity (Wildman–Crippen MR) is 132 cm³/mol. The fourth-order valence-electron chi connectivity index (χ4n) is 3.63. The smallest absolute Gasteiger partial charge is 0.339 e. The number of rotatable bonds is 8. The Morgan fingerprint density at radius 1 is 0.857 bits per heavy atom. The molecule has 0 unspecified atom stereocenters. The molecule has 0 N–H and O–H groups in total. The van der Waals surface area contributed by atoms with Gasteiger partial charge in [-0.2, -0.15) is 0 Å². The van der Waals surface area contributed by atoms with Crippen molar-refractivity contribution in [1.29, 1.82) is 0 Å². The Bertz CT molecular complexity index is 1320. The number of carbonyl (C=O) groups is 2. The van der Waals surface area contributed by atoms with E-state index in [0.717, 1.165) is 22.4 Å². The molecule has 4 rings (SSSR count). The zero-order valence-electron chi connectivity index (χ0n) is 20.2. The number of benzene rings is 3. The van der Waals surface area contributed by atoms with Crippen LogP contribution >= 0.6 is 0 Å². The van der Waals surface area contributed by atoms with Crippen molar-refractivity contribution >= 4 is 11.8 Å². The third kappa shape index (κ3) is 5.66. The lowest BCUT2D eigenvalue weighted by molar-refractivity contribution is 0.0279. The number of esters is 1. The molecular weight excluding hydrogens is 442 g/mol. The number of hydrogen-bond donors (Lipinski definition) is 0. The largest absolute Gasteiger partial charge is 0.489 e. The summed E-state index contributed by atoms with van der Waals surface area (Å²) in [6.07, 6.45) is -1.07. The van der Waals surface area contributed by atoms with Crippen molar-refractivity contribution in [3.8, 4) is 5.75 Å². The molecule has 178 valence electrons. The Morgan fingerprint density at radius 3 is 2.14 bits per heavy atom. The lowest BCUT2D eigenvalue weighted by Crippen LogP contribution is -2.20. The van der Waals surface area contributed by atoms with Crippen molar-refractivity contribution in [2.45, 2.75) is 40.4 Å². The molecule has 6 heteroatoms. The zero-order valence-corrected chi connectivity index (χ0v) is 20.2. The maximum atomic E-state index is 13.4. The second kappa shape index (κ2) is 10.4. The average Bonchev–Trinajstić information content (AvgIpc) is 3.19. The van der Waals surface area contributed by atoms with Gasteiger partial charge in [0, 0.05) is 11.1 Å². The van der Waals surface area contributed by atoms with E-state index in [4.69, 9.17) is 14.0 Å². The zero-order chi connectivity index (χ0) is 24.9. The van der Waals surface area contributed by atoms with E-state index >= 15 is 0 Å². The normalized spacial score (nSPS) is 11.7. The molecule has 0 aliphatic rings. The van der Waals surface area contributed by atoms with Crippen LogP contribution in [-0.4, -0.2) is 16.9 Å².